The normalized spacial score (nSPS) is 42.7. The highest BCUT2D eigenvalue weighted by molar-refractivity contribution is 8.01. The number of hydrogen-bond acceptors (Lipinski definition) is 2. The van der Waals surface area contributed by atoms with Crippen LogP contribution in [0.4, 0.5) is 0 Å². The molecule has 1 aliphatic heterocycles. The average molecular weight is 154 g/mol. The van der Waals surface area contributed by atoms with Gasteiger partial charge < -0.3 is 0 Å². The van der Waals surface area contributed by atoms with Crippen molar-refractivity contribution in [3.8, 4) is 0 Å². The fourth-order valence-electron chi connectivity index (χ4n) is 1.70. The summed E-state index contributed by atoms with van der Waals surface area (Å²) in [6.07, 6.45) is 5.64. The van der Waals surface area contributed by atoms with E-state index >= 15 is 0 Å². The van der Waals surface area contributed by atoms with Crippen molar-refractivity contribution in [2.24, 2.45) is 5.92 Å². The predicted octanol–water partition coefficient (Wildman–Crippen LogP) is 1.64. The molecule has 0 amide bonds. The van der Waals surface area contributed by atoms with Crippen LogP contribution in [0.2, 0.25) is 0 Å². The van der Waals surface area contributed by atoms with Gasteiger partial charge in [0.25, 0.3) is 0 Å². The van der Waals surface area contributed by atoms with Crippen LogP contribution < -0.4 is 0 Å². The molecule has 3 atom stereocenters. The molecule has 1 nitrogen and oxygen atoms in total. The van der Waals surface area contributed by atoms with Gasteiger partial charge in [0.15, 0.2) is 0 Å². The van der Waals surface area contributed by atoms with Crippen molar-refractivity contribution in [3.05, 3.63) is 12.2 Å². The average Bonchev–Trinajstić information content (AvgIpc) is 2.44. The van der Waals surface area contributed by atoms with Crippen LogP contribution in [-0.4, -0.2) is 16.3 Å². The van der Waals surface area contributed by atoms with Gasteiger partial charge in [0.1, 0.15) is 5.78 Å². The summed E-state index contributed by atoms with van der Waals surface area (Å²) >= 11 is 1.83. The Balaban J connectivity index is 2.16. The molecule has 0 saturated carbocycles. The molecule has 10 heavy (non-hydrogen) atoms. The first-order chi connectivity index (χ1) is 4.77. The number of fused-ring (bicyclic) bond motifs is 2. The third-order valence-corrected chi connectivity index (χ3v) is 3.86. The topological polar surface area (TPSA) is 17.1 Å². The molecule has 1 saturated heterocycles. The second kappa shape index (κ2) is 2.12. The molecule has 1 fully saturated rings. The SMILES string of the molecule is CC(=O)C1S[C@H]2C=C[C@@H]1C2. The van der Waals surface area contributed by atoms with E-state index in [0.717, 1.165) is 0 Å². The molecule has 54 valence electrons. The van der Waals surface area contributed by atoms with Crippen LogP contribution in [0.25, 0.3) is 0 Å². The Kier molecular flexibility index (Phi) is 1.37. The minimum atomic E-state index is 0.287. The van der Waals surface area contributed by atoms with Crippen LogP contribution in [-0.2, 0) is 4.79 Å². The molecule has 1 heterocycles. The van der Waals surface area contributed by atoms with Crippen LogP contribution in [0.5, 0.6) is 0 Å². The number of carbonyl (C=O) groups excluding carboxylic acids is 1. The molecule has 0 spiro atoms. The first-order valence-corrected chi connectivity index (χ1v) is 4.56. The minimum Gasteiger partial charge on any atom is -0.299 e. The lowest BCUT2D eigenvalue weighted by atomic mass is 10.0. The molecule has 0 radical (unpaired) electrons. The summed E-state index contributed by atoms with van der Waals surface area (Å²) in [6.45, 7) is 1.70. The maximum atomic E-state index is 11.0. The van der Waals surface area contributed by atoms with Crippen molar-refractivity contribution in [2.45, 2.75) is 23.8 Å². The minimum absolute atomic E-state index is 0.287. The third kappa shape index (κ3) is 0.823. The zero-order chi connectivity index (χ0) is 7.14. The van der Waals surface area contributed by atoms with Gasteiger partial charge in [0.05, 0.1) is 5.25 Å². The van der Waals surface area contributed by atoms with Crippen molar-refractivity contribution >= 4 is 17.5 Å². The zero-order valence-corrected chi connectivity index (χ0v) is 6.73. The standard InChI is InChI=1S/C8H10OS/c1-5(9)8-6-2-3-7(4-6)10-8/h2-3,6-8H,4H2,1H3/t6-,7+,8?/m1/s1. The Labute approximate surface area is 64.9 Å². The monoisotopic (exact) mass is 154 g/mol. The van der Waals surface area contributed by atoms with Crippen LogP contribution in [0, 0.1) is 5.92 Å². The summed E-state index contributed by atoms with van der Waals surface area (Å²) in [4.78, 5) is 11.0. The van der Waals surface area contributed by atoms with Gasteiger partial charge in [-0.1, -0.05) is 12.2 Å². The Morgan fingerprint density at radius 1 is 1.60 bits per heavy atom. The molecular formula is C8H10OS. The zero-order valence-electron chi connectivity index (χ0n) is 5.91. The molecule has 2 heteroatoms. The van der Waals surface area contributed by atoms with E-state index in [1.165, 1.54) is 6.42 Å². The molecule has 0 aromatic heterocycles. The first-order valence-electron chi connectivity index (χ1n) is 3.61. The molecule has 2 aliphatic rings. The van der Waals surface area contributed by atoms with Crippen molar-refractivity contribution in [1.82, 2.24) is 0 Å². The number of ketones is 1. The van der Waals surface area contributed by atoms with Gasteiger partial charge >= 0.3 is 0 Å². The van der Waals surface area contributed by atoms with E-state index in [-0.39, 0.29) is 5.25 Å². The van der Waals surface area contributed by atoms with E-state index in [1.807, 2.05) is 11.8 Å². The molecule has 1 unspecified atom stereocenters. The highest BCUT2D eigenvalue weighted by Crippen LogP contribution is 2.44. The van der Waals surface area contributed by atoms with Crippen LogP contribution in [0.1, 0.15) is 13.3 Å². The van der Waals surface area contributed by atoms with E-state index in [1.54, 1.807) is 6.92 Å². The van der Waals surface area contributed by atoms with Gasteiger partial charge in [-0.2, -0.15) is 0 Å². The second-order valence-electron chi connectivity index (χ2n) is 2.99. The summed E-state index contributed by atoms with van der Waals surface area (Å²) in [5.41, 5.74) is 0. The molecule has 2 rings (SSSR count). The summed E-state index contributed by atoms with van der Waals surface area (Å²) in [6, 6.07) is 0. The quantitative estimate of drug-likeness (QED) is 0.534. The van der Waals surface area contributed by atoms with Crippen molar-refractivity contribution < 1.29 is 4.79 Å². The highest BCUT2D eigenvalue weighted by Gasteiger charge is 2.38. The number of Topliss-reactive ketones (excluding diaryl/α,β-unsaturated/α-hetero) is 1. The molecule has 0 aromatic rings. The summed E-state index contributed by atoms with van der Waals surface area (Å²) in [5.74, 6) is 0.911. The molecule has 1 aliphatic carbocycles. The highest BCUT2D eigenvalue weighted by atomic mass is 32.2. The Morgan fingerprint density at radius 2 is 2.40 bits per heavy atom. The van der Waals surface area contributed by atoms with Crippen LogP contribution in [0.15, 0.2) is 12.2 Å². The summed E-state index contributed by atoms with van der Waals surface area (Å²) < 4.78 is 0. The fourth-order valence-corrected chi connectivity index (χ4v) is 3.19. The molecule has 0 N–H and O–H groups in total. The lowest BCUT2D eigenvalue weighted by Gasteiger charge is -2.12. The van der Waals surface area contributed by atoms with Gasteiger partial charge in [0.2, 0.25) is 0 Å². The Hall–Kier alpha value is -0.240. The molecule has 0 aromatic carbocycles. The summed E-state index contributed by atoms with van der Waals surface area (Å²) in [5, 5.41) is 0.939. The van der Waals surface area contributed by atoms with Crippen molar-refractivity contribution in [2.75, 3.05) is 0 Å². The van der Waals surface area contributed by atoms with Gasteiger partial charge in [-0.05, 0) is 19.3 Å². The van der Waals surface area contributed by atoms with Gasteiger partial charge in [0, 0.05) is 5.25 Å². The lowest BCUT2D eigenvalue weighted by molar-refractivity contribution is -0.116. The third-order valence-electron chi connectivity index (χ3n) is 2.19. The first kappa shape index (κ1) is 6.47. The van der Waals surface area contributed by atoms with Gasteiger partial charge in [-0.25, -0.2) is 0 Å². The van der Waals surface area contributed by atoms with E-state index in [9.17, 15) is 4.79 Å². The predicted molar refractivity (Wildman–Crippen MR) is 43.1 cm³/mol. The fraction of sp³-hybridized carbons (Fsp3) is 0.625. The van der Waals surface area contributed by atoms with E-state index in [0.29, 0.717) is 17.0 Å². The van der Waals surface area contributed by atoms with Crippen molar-refractivity contribution in [3.63, 3.8) is 0 Å². The number of thioether (sulfide) groups is 1. The Morgan fingerprint density at radius 3 is 2.70 bits per heavy atom. The van der Waals surface area contributed by atoms with Crippen LogP contribution >= 0.6 is 11.8 Å². The number of hydrogen-bond donors (Lipinski definition) is 0. The van der Waals surface area contributed by atoms with E-state index in [4.69, 9.17) is 0 Å². The summed E-state index contributed by atoms with van der Waals surface area (Å²) in [7, 11) is 0. The number of allylic oxidation sites excluding steroid dienone is 1. The largest absolute Gasteiger partial charge is 0.299 e. The second-order valence-corrected chi connectivity index (χ2v) is 4.38. The van der Waals surface area contributed by atoms with E-state index < -0.39 is 0 Å². The maximum Gasteiger partial charge on any atom is 0.143 e. The van der Waals surface area contributed by atoms with E-state index in [2.05, 4.69) is 12.2 Å². The lowest BCUT2D eigenvalue weighted by Crippen LogP contribution is -2.18. The maximum absolute atomic E-state index is 11.0. The number of carbonyl (C=O) groups is 1. The molecule has 2 bridgehead atoms. The molecular weight excluding hydrogens is 144 g/mol. The smallest absolute Gasteiger partial charge is 0.143 e. The van der Waals surface area contributed by atoms with Gasteiger partial charge in [-0.15, -0.1) is 11.8 Å². The van der Waals surface area contributed by atoms with Crippen LogP contribution in [0.3, 0.4) is 0 Å². The van der Waals surface area contributed by atoms with Crippen molar-refractivity contribution in [1.29, 1.82) is 0 Å². The van der Waals surface area contributed by atoms with Gasteiger partial charge in [-0.3, -0.25) is 4.79 Å². The Bertz CT molecular complexity index is 197. The number of rotatable bonds is 1.